The quantitative estimate of drug-likeness (QED) is 0.288. The van der Waals surface area contributed by atoms with E-state index in [-0.39, 0.29) is 41.7 Å². The van der Waals surface area contributed by atoms with Crippen LogP contribution >= 0.6 is 35.3 Å². The van der Waals surface area contributed by atoms with Crippen molar-refractivity contribution in [1.29, 1.82) is 0 Å². The fourth-order valence-electron chi connectivity index (χ4n) is 2.61. The van der Waals surface area contributed by atoms with Gasteiger partial charge < -0.3 is 15.7 Å². The molecule has 0 radical (unpaired) electrons. The van der Waals surface area contributed by atoms with Gasteiger partial charge in [0.25, 0.3) is 0 Å². The van der Waals surface area contributed by atoms with E-state index >= 15 is 0 Å². The average Bonchev–Trinajstić information content (AvgIpc) is 3.01. The molecular weight excluding hydrogens is 473 g/mol. The Hall–Kier alpha value is -0.390. The summed E-state index contributed by atoms with van der Waals surface area (Å²) in [6.07, 6.45) is 3.11. The van der Waals surface area contributed by atoms with E-state index in [4.69, 9.17) is 0 Å². The fourth-order valence-corrected chi connectivity index (χ4v) is 4.90. The van der Waals surface area contributed by atoms with E-state index in [1.165, 1.54) is 6.26 Å². The van der Waals surface area contributed by atoms with Gasteiger partial charge in [0.1, 0.15) is 15.4 Å². The standard InChI is InChI=1S/C16H27N3O3S2.HI/c1-4-17-14(18-10-15(2,20)13-5-8-23-9-13)19-11-16(6-7-16)12-24(3,21)22;/h5,8-9,20H,4,6-7,10-12H2,1-3H3,(H2,17,18,19);1H. The molecule has 1 aliphatic carbocycles. The lowest BCUT2D eigenvalue weighted by molar-refractivity contribution is 0.0677. The predicted octanol–water partition coefficient (Wildman–Crippen LogP) is 1.95. The molecule has 0 bridgehead atoms. The molecule has 2 rings (SSSR count). The Morgan fingerprint density at radius 2 is 2.12 bits per heavy atom. The minimum atomic E-state index is -2.98. The van der Waals surface area contributed by atoms with E-state index < -0.39 is 15.4 Å². The first kappa shape index (κ1) is 22.7. The molecule has 9 heteroatoms. The van der Waals surface area contributed by atoms with Gasteiger partial charge in [-0.15, -0.1) is 24.0 Å². The Balaban J connectivity index is 0.00000312. The van der Waals surface area contributed by atoms with Crippen LogP contribution in [0.25, 0.3) is 0 Å². The second-order valence-electron chi connectivity index (χ2n) is 6.90. The predicted molar refractivity (Wildman–Crippen MR) is 115 cm³/mol. The third kappa shape index (κ3) is 7.40. The highest BCUT2D eigenvalue weighted by atomic mass is 127. The lowest BCUT2D eigenvalue weighted by atomic mass is 10.00. The number of rotatable bonds is 8. The number of aliphatic hydroxyl groups is 1. The summed E-state index contributed by atoms with van der Waals surface area (Å²) in [7, 11) is -2.98. The Morgan fingerprint density at radius 3 is 2.60 bits per heavy atom. The zero-order valence-electron chi connectivity index (χ0n) is 14.9. The molecule has 25 heavy (non-hydrogen) atoms. The number of nitrogens with zero attached hydrogens (tertiary/aromatic N) is 1. The third-order valence-electron chi connectivity index (χ3n) is 4.19. The highest BCUT2D eigenvalue weighted by Gasteiger charge is 2.45. The maximum absolute atomic E-state index is 11.5. The summed E-state index contributed by atoms with van der Waals surface area (Å²) >= 11 is 1.54. The SMILES string of the molecule is CCNC(=NCC(C)(O)c1ccsc1)NCC1(CS(C)(=O)=O)CC1.I. The largest absolute Gasteiger partial charge is 0.383 e. The van der Waals surface area contributed by atoms with Gasteiger partial charge in [-0.3, -0.25) is 0 Å². The summed E-state index contributed by atoms with van der Waals surface area (Å²) in [6.45, 7) is 5.22. The van der Waals surface area contributed by atoms with Crippen molar-refractivity contribution >= 4 is 51.1 Å². The molecule has 6 nitrogen and oxygen atoms in total. The van der Waals surface area contributed by atoms with Gasteiger partial charge in [0.15, 0.2) is 5.96 Å². The number of hydrogen-bond acceptors (Lipinski definition) is 5. The van der Waals surface area contributed by atoms with Gasteiger partial charge in [-0.25, -0.2) is 13.4 Å². The van der Waals surface area contributed by atoms with Crippen LogP contribution in [0.5, 0.6) is 0 Å². The molecule has 0 amide bonds. The molecule has 1 aromatic heterocycles. The number of halogens is 1. The number of thiophene rings is 1. The molecule has 0 saturated heterocycles. The Bertz CT molecular complexity index is 669. The molecule has 1 fully saturated rings. The first-order valence-corrected chi connectivity index (χ1v) is 11.1. The molecule has 0 aliphatic heterocycles. The van der Waals surface area contributed by atoms with Gasteiger partial charge in [-0.2, -0.15) is 11.3 Å². The number of hydrogen-bond donors (Lipinski definition) is 3. The number of nitrogens with one attached hydrogen (secondary N) is 2. The van der Waals surface area contributed by atoms with Gasteiger partial charge in [0, 0.05) is 24.8 Å². The van der Waals surface area contributed by atoms with Gasteiger partial charge in [0.05, 0.1) is 12.3 Å². The summed E-state index contributed by atoms with van der Waals surface area (Å²) in [5.41, 5.74) is -0.339. The summed E-state index contributed by atoms with van der Waals surface area (Å²) < 4.78 is 23.1. The van der Waals surface area contributed by atoms with Crippen LogP contribution in [0.15, 0.2) is 21.8 Å². The summed E-state index contributed by atoms with van der Waals surface area (Å²) in [4.78, 5) is 4.47. The van der Waals surface area contributed by atoms with E-state index in [2.05, 4.69) is 15.6 Å². The van der Waals surface area contributed by atoms with Crippen LogP contribution in [0.1, 0.15) is 32.3 Å². The zero-order chi connectivity index (χ0) is 17.8. The van der Waals surface area contributed by atoms with E-state index in [9.17, 15) is 13.5 Å². The third-order valence-corrected chi connectivity index (χ3v) is 6.01. The van der Waals surface area contributed by atoms with E-state index in [0.717, 1.165) is 18.4 Å². The Morgan fingerprint density at radius 1 is 1.44 bits per heavy atom. The first-order chi connectivity index (χ1) is 11.2. The lowest BCUT2D eigenvalue weighted by Gasteiger charge is -2.22. The summed E-state index contributed by atoms with van der Waals surface area (Å²) in [5, 5.41) is 20.8. The van der Waals surface area contributed by atoms with Crippen LogP contribution < -0.4 is 10.6 Å². The normalized spacial score (nSPS) is 18.8. The van der Waals surface area contributed by atoms with E-state index in [1.54, 1.807) is 18.3 Å². The maximum atomic E-state index is 11.5. The van der Waals surface area contributed by atoms with Crippen molar-refractivity contribution in [2.75, 3.05) is 31.6 Å². The zero-order valence-corrected chi connectivity index (χ0v) is 18.9. The number of guanidine groups is 1. The van der Waals surface area contributed by atoms with Crippen molar-refractivity contribution in [1.82, 2.24) is 10.6 Å². The summed E-state index contributed by atoms with van der Waals surface area (Å²) in [5.74, 6) is 0.812. The van der Waals surface area contributed by atoms with E-state index in [1.807, 2.05) is 23.8 Å². The molecule has 1 unspecified atom stereocenters. The topological polar surface area (TPSA) is 90.8 Å². The second-order valence-corrected chi connectivity index (χ2v) is 9.82. The van der Waals surface area contributed by atoms with Crippen molar-refractivity contribution in [3.05, 3.63) is 22.4 Å². The second kappa shape index (κ2) is 9.01. The molecule has 0 aromatic carbocycles. The first-order valence-electron chi connectivity index (χ1n) is 8.11. The lowest BCUT2D eigenvalue weighted by Crippen LogP contribution is -2.42. The van der Waals surface area contributed by atoms with Gasteiger partial charge >= 0.3 is 0 Å². The highest BCUT2D eigenvalue weighted by Crippen LogP contribution is 2.46. The van der Waals surface area contributed by atoms with Crippen molar-refractivity contribution in [3.8, 4) is 0 Å². The number of sulfone groups is 1. The van der Waals surface area contributed by atoms with Crippen LogP contribution in [-0.4, -0.2) is 51.1 Å². The minimum absolute atomic E-state index is 0. The van der Waals surface area contributed by atoms with E-state index in [0.29, 0.717) is 19.0 Å². The molecule has 1 aliphatic rings. The molecule has 3 N–H and O–H groups in total. The molecule has 1 atom stereocenters. The molecule has 0 spiro atoms. The Kier molecular flexibility index (Phi) is 8.16. The van der Waals surface area contributed by atoms with Crippen LogP contribution in [0.3, 0.4) is 0 Å². The highest BCUT2D eigenvalue weighted by molar-refractivity contribution is 14.0. The smallest absolute Gasteiger partial charge is 0.191 e. The monoisotopic (exact) mass is 501 g/mol. The van der Waals surface area contributed by atoms with Crippen LogP contribution in [0.2, 0.25) is 0 Å². The molecule has 1 heterocycles. The Labute approximate surface area is 171 Å². The van der Waals surface area contributed by atoms with Gasteiger partial charge in [0.2, 0.25) is 0 Å². The van der Waals surface area contributed by atoms with Crippen molar-refractivity contribution in [2.24, 2.45) is 10.4 Å². The van der Waals surface area contributed by atoms with Crippen molar-refractivity contribution in [2.45, 2.75) is 32.3 Å². The van der Waals surface area contributed by atoms with Crippen LogP contribution in [0, 0.1) is 5.41 Å². The fraction of sp³-hybridized carbons (Fsp3) is 0.688. The van der Waals surface area contributed by atoms with Crippen molar-refractivity contribution < 1.29 is 13.5 Å². The molecule has 1 aromatic rings. The summed E-state index contributed by atoms with van der Waals surface area (Å²) in [6, 6.07) is 1.89. The molecule has 1 saturated carbocycles. The average molecular weight is 501 g/mol. The van der Waals surface area contributed by atoms with Gasteiger partial charge in [-0.1, -0.05) is 0 Å². The number of aliphatic imine (C=N–C) groups is 1. The molecular formula is C16H28IN3O3S2. The van der Waals surface area contributed by atoms with Crippen LogP contribution in [-0.2, 0) is 15.4 Å². The maximum Gasteiger partial charge on any atom is 0.191 e. The molecule has 144 valence electrons. The van der Waals surface area contributed by atoms with Gasteiger partial charge in [-0.05, 0) is 49.1 Å². The van der Waals surface area contributed by atoms with Crippen molar-refractivity contribution in [3.63, 3.8) is 0 Å². The minimum Gasteiger partial charge on any atom is -0.383 e. The van der Waals surface area contributed by atoms with Crippen LogP contribution in [0.4, 0.5) is 0 Å².